The highest BCUT2D eigenvalue weighted by Gasteiger charge is 2.39. The summed E-state index contributed by atoms with van der Waals surface area (Å²) < 4.78 is 19.2. The first-order chi connectivity index (χ1) is 9.67. The van der Waals surface area contributed by atoms with Crippen LogP contribution < -0.4 is 5.73 Å². The van der Waals surface area contributed by atoms with Crippen molar-refractivity contribution >= 4 is 29.2 Å². The molecule has 2 N–H and O–H groups in total. The van der Waals surface area contributed by atoms with Crippen molar-refractivity contribution in [3.63, 3.8) is 0 Å². The molecule has 0 aliphatic carbocycles. The number of hydrogen-bond donors (Lipinski definition) is 1. The lowest BCUT2D eigenvalue weighted by molar-refractivity contribution is -0.0804. The van der Waals surface area contributed by atoms with Gasteiger partial charge < -0.3 is 10.5 Å². The van der Waals surface area contributed by atoms with Gasteiger partial charge in [-0.3, -0.25) is 0 Å². The van der Waals surface area contributed by atoms with Crippen LogP contribution in [0.25, 0.3) is 0 Å². The fraction of sp³-hybridized carbons (Fsp3) is 0.600. The molecule has 2 aliphatic rings. The molecule has 1 spiro atoms. The Hall–Kier alpha value is -0.390. The quantitative estimate of drug-likeness (QED) is 0.839. The van der Waals surface area contributed by atoms with Gasteiger partial charge in [0.05, 0.1) is 5.60 Å². The molecule has 0 aromatic heterocycles. The molecule has 0 bridgehead atoms. The van der Waals surface area contributed by atoms with Crippen LogP contribution in [0, 0.1) is 5.82 Å². The molecule has 0 amide bonds. The highest BCUT2D eigenvalue weighted by Crippen LogP contribution is 2.43. The second kappa shape index (κ2) is 6.16. The molecule has 2 saturated heterocycles. The van der Waals surface area contributed by atoms with Gasteiger partial charge in [0.25, 0.3) is 0 Å². The predicted molar refractivity (Wildman–Crippen MR) is 84.9 cm³/mol. The number of ether oxygens (including phenoxy) is 1. The second-order valence-electron chi connectivity index (χ2n) is 5.56. The summed E-state index contributed by atoms with van der Waals surface area (Å²) in [4.78, 5) is 0.999. The molecule has 0 saturated carbocycles. The fourth-order valence-electron chi connectivity index (χ4n) is 2.98. The van der Waals surface area contributed by atoms with Crippen molar-refractivity contribution in [3.8, 4) is 0 Å². The Labute approximate surface area is 128 Å². The minimum atomic E-state index is -0.264. The Kier molecular flexibility index (Phi) is 4.48. The molecule has 20 heavy (non-hydrogen) atoms. The zero-order valence-electron chi connectivity index (χ0n) is 11.4. The van der Waals surface area contributed by atoms with Gasteiger partial charge in [-0.05, 0) is 55.4 Å². The van der Waals surface area contributed by atoms with E-state index in [1.165, 1.54) is 23.6 Å². The molecule has 2 fully saturated rings. The Morgan fingerprint density at radius 2 is 2.15 bits per heavy atom. The molecule has 1 aromatic rings. The lowest BCUT2D eigenvalue weighted by Crippen LogP contribution is -2.43. The summed E-state index contributed by atoms with van der Waals surface area (Å²) in [7, 11) is 0. The number of hydrogen-bond acceptors (Lipinski definition) is 4. The maximum absolute atomic E-state index is 13.1. The van der Waals surface area contributed by atoms with E-state index in [4.69, 9.17) is 10.5 Å². The first kappa shape index (κ1) is 14.5. The van der Waals surface area contributed by atoms with Gasteiger partial charge in [0.15, 0.2) is 0 Å². The minimum absolute atomic E-state index is 0.0932. The van der Waals surface area contributed by atoms with Crippen molar-refractivity contribution in [2.75, 3.05) is 23.8 Å². The lowest BCUT2D eigenvalue weighted by atomic mass is 9.88. The first-order valence-corrected chi connectivity index (χ1v) is 9.14. The monoisotopic (exact) mass is 313 g/mol. The van der Waals surface area contributed by atoms with E-state index in [9.17, 15) is 4.39 Å². The minimum Gasteiger partial charge on any atom is -0.398 e. The number of halogens is 1. The summed E-state index contributed by atoms with van der Waals surface area (Å²) in [5, 5.41) is 0.527. The van der Waals surface area contributed by atoms with Gasteiger partial charge in [0, 0.05) is 22.4 Å². The molecule has 0 radical (unpaired) electrons. The van der Waals surface area contributed by atoms with E-state index in [1.54, 1.807) is 17.8 Å². The number of nitrogen functional groups attached to an aromatic ring is 1. The lowest BCUT2D eigenvalue weighted by Gasteiger charge is -2.43. The van der Waals surface area contributed by atoms with Crippen LogP contribution in [0.5, 0.6) is 0 Å². The smallest absolute Gasteiger partial charge is 0.125 e. The van der Waals surface area contributed by atoms with Crippen molar-refractivity contribution in [1.82, 2.24) is 0 Å². The summed E-state index contributed by atoms with van der Waals surface area (Å²) in [5.74, 6) is 2.14. The van der Waals surface area contributed by atoms with E-state index in [0.29, 0.717) is 10.9 Å². The Bertz CT molecular complexity index is 471. The Balaban J connectivity index is 1.68. The average Bonchev–Trinajstić information content (AvgIpc) is 2.43. The second-order valence-corrected chi connectivity index (χ2v) is 8.13. The molecule has 1 atom stereocenters. The van der Waals surface area contributed by atoms with E-state index < -0.39 is 0 Å². The molecule has 5 heteroatoms. The van der Waals surface area contributed by atoms with Gasteiger partial charge in [-0.15, -0.1) is 11.8 Å². The molecular weight excluding hydrogens is 293 g/mol. The zero-order valence-corrected chi connectivity index (χ0v) is 13.1. The van der Waals surface area contributed by atoms with Gasteiger partial charge in [0.2, 0.25) is 0 Å². The highest BCUT2D eigenvalue weighted by atomic mass is 32.2. The third-order valence-electron chi connectivity index (χ3n) is 4.12. The molecular formula is C15H20FNOS2. The van der Waals surface area contributed by atoms with Crippen LogP contribution in [0.1, 0.15) is 25.7 Å². The zero-order chi connectivity index (χ0) is 14.0. The average molecular weight is 313 g/mol. The summed E-state index contributed by atoms with van der Waals surface area (Å²) in [6, 6.07) is 4.70. The summed E-state index contributed by atoms with van der Waals surface area (Å²) >= 11 is 3.81. The number of anilines is 1. The van der Waals surface area contributed by atoms with E-state index in [1.807, 2.05) is 11.8 Å². The van der Waals surface area contributed by atoms with E-state index >= 15 is 0 Å². The summed E-state index contributed by atoms with van der Waals surface area (Å²) in [6.07, 6.45) is 4.46. The van der Waals surface area contributed by atoms with E-state index in [0.717, 1.165) is 37.2 Å². The maximum atomic E-state index is 13.1. The van der Waals surface area contributed by atoms with Crippen LogP contribution >= 0.6 is 23.5 Å². The van der Waals surface area contributed by atoms with E-state index in [2.05, 4.69) is 0 Å². The van der Waals surface area contributed by atoms with Crippen LogP contribution in [-0.2, 0) is 4.74 Å². The normalized spacial score (nSPS) is 25.8. The number of nitrogens with two attached hydrogens (primary N) is 1. The van der Waals surface area contributed by atoms with Crippen molar-refractivity contribution in [2.24, 2.45) is 0 Å². The number of thioether (sulfide) groups is 2. The predicted octanol–water partition coefficient (Wildman–Crippen LogP) is 3.94. The molecule has 110 valence electrons. The van der Waals surface area contributed by atoms with Crippen LogP contribution in [0.3, 0.4) is 0 Å². The van der Waals surface area contributed by atoms with Gasteiger partial charge >= 0.3 is 0 Å². The van der Waals surface area contributed by atoms with Gasteiger partial charge in [-0.1, -0.05) is 0 Å². The van der Waals surface area contributed by atoms with Crippen molar-refractivity contribution < 1.29 is 9.13 Å². The Morgan fingerprint density at radius 3 is 2.90 bits per heavy atom. The molecule has 1 unspecified atom stereocenters. The van der Waals surface area contributed by atoms with E-state index in [-0.39, 0.29) is 11.4 Å². The summed E-state index contributed by atoms with van der Waals surface area (Å²) in [5.41, 5.74) is 6.56. The standard InChI is InChI=1S/C15H20FNOS2/c16-11-1-2-14(13(17)9-11)20-12-3-6-18-15(10-12)4-7-19-8-5-15/h1-2,9,12H,3-8,10,17H2. The largest absolute Gasteiger partial charge is 0.398 e. The third-order valence-corrected chi connectivity index (χ3v) is 6.46. The number of benzene rings is 1. The number of rotatable bonds is 2. The molecule has 2 heterocycles. The molecule has 2 nitrogen and oxygen atoms in total. The molecule has 1 aromatic carbocycles. The maximum Gasteiger partial charge on any atom is 0.125 e. The van der Waals surface area contributed by atoms with Crippen LogP contribution in [-0.4, -0.2) is 29.0 Å². The fourth-order valence-corrected chi connectivity index (χ4v) is 5.52. The Morgan fingerprint density at radius 1 is 1.35 bits per heavy atom. The van der Waals surface area contributed by atoms with Crippen LogP contribution in [0.4, 0.5) is 10.1 Å². The molecule has 3 rings (SSSR count). The van der Waals surface area contributed by atoms with Gasteiger partial charge in [-0.2, -0.15) is 11.8 Å². The molecule has 2 aliphatic heterocycles. The van der Waals surface area contributed by atoms with Crippen LogP contribution in [0.15, 0.2) is 23.1 Å². The third kappa shape index (κ3) is 3.26. The van der Waals surface area contributed by atoms with Crippen molar-refractivity contribution in [1.29, 1.82) is 0 Å². The topological polar surface area (TPSA) is 35.2 Å². The van der Waals surface area contributed by atoms with Crippen molar-refractivity contribution in [2.45, 2.75) is 41.4 Å². The van der Waals surface area contributed by atoms with Crippen molar-refractivity contribution in [3.05, 3.63) is 24.0 Å². The highest BCUT2D eigenvalue weighted by molar-refractivity contribution is 8.00. The summed E-state index contributed by atoms with van der Waals surface area (Å²) in [6.45, 7) is 0.837. The first-order valence-electron chi connectivity index (χ1n) is 7.10. The SMILES string of the molecule is Nc1cc(F)ccc1SC1CCOC2(CCSCC2)C1. The van der Waals surface area contributed by atoms with Crippen LogP contribution in [0.2, 0.25) is 0 Å². The van der Waals surface area contributed by atoms with Gasteiger partial charge in [0.1, 0.15) is 5.82 Å². The van der Waals surface area contributed by atoms with Gasteiger partial charge in [-0.25, -0.2) is 4.39 Å².